The van der Waals surface area contributed by atoms with Gasteiger partial charge in [-0.05, 0) is 60.4 Å². The SMILES string of the molecule is CCC(C)NC(=O)C(CC)N(Cc1ccc(F)cc1)C(=O)CCc1ccc(C(C)(C)C)cc1. The maximum atomic E-state index is 13.4. The second kappa shape index (κ2) is 12.0. The standard InChI is InChI=1S/C28H39FN2O2/c1-7-20(3)30-27(33)25(8-2)31(19-22-11-16-24(29)17-12-22)26(32)18-13-21-9-14-23(15-10-21)28(4,5)6/h9-12,14-17,20,25H,7-8,13,18-19H2,1-6H3,(H,30,33). The molecule has 0 spiro atoms. The van der Waals surface area contributed by atoms with E-state index in [9.17, 15) is 14.0 Å². The van der Waals surface area contributed by atoms with E-state index in [1.807, 2.05) is 20.8 Å². The fourth-order valence-electron chi connectivity index (χ4n) is 3.71. The number of rotatable bonds is 10. The Kier molecular flexibility index (Phi) is 9.63. The van der Waals surface area contributed by atoms with Gasteiger partial charge in [-0.3, -0.25) is 9.59 Å². The third-order valence-corrected chi connectivity index (χ3v) is 6.10. The third kappa shape index (κ3) is 7.99. The number of benzene rings is 2. The second-order valence-electron chi connectivity index (χ2n) is 9.84. The number of nitrogens with one attached hydrogen (secondary N) is 1. The maximum Gasteiger partial charge on any atom is 0.243 e. The van der Waals surface area contributed by atoms with Crippen LogP contribution in [-0.2, 0) is 28.0 Å². The Labute approximate surface area is 198 Å². The average molecular weight is 455 g/mol. The van der Waals surface area contributed by atoms with Crippen molar-refractivity contribution < 1.29 is 14.0 Å². The van der Waals surface area contributed by atoms with Gasteiger partial charge in [0.25, 0.3) is 0 Å². The first-order valence-corrected chi connectivity index (χ1v) is 12.0. The number of carbonyl (C=O) groups is 2. The molecular formula is C28H39FN2O2. The minimum absolute atomic E-state index is 0.0376. The number of halogens is 1. The molecule has 180 valence electrons. The highest BCUT2D eigenvalue weighted by atomic mass is 19.1. The first-order valence-electron chi connectivity index (χ1n) is 12.0. The van der Waals surface area contributed by atoms with Crippen LogP contribution in [0.15, 0.2) is 48.5 Å². The monoisotopic (exact) mass is 454 g/mol. The molecule has 4 nitrogen and oxygen atoms in total. The lowest BCUT2D eigenvalue weighted by atomic mass is 9.86. The first-order chi connectivity index (χ1) is 15.5. The summed E-state index contributed by atoms with van der Waals surface area (Å²) in [5.41, 5.74) is 3.23. The first kappa shape index (κ1) is 26.6. The van der Waals surface area contributed by atoms with Crippen LogP contribution in [-0.4, -0.2) is 28.8 Å². The molecule has 0 bridgehead atoms. The molecule has 2 amide bonds. The van der Waals surface area contributed by atoms with Gasteiger partial charge < -0.3 is 10.2 Å². The van der Waals surface area contributed by atoms with Crippen LogP contribution in [0.25, 0.3) is 0 Å². The van der Waals surface area contributed by atoms with Gasteiger partial charge in [0.1, 0.15) is 11.9 Å². The molecule has 0 fully saturated rings. The number of amides is 2. The topological polar surface area (TPSA) is 49.4 Å². The van der Waals surface area contributed by atoms with E-state index in [0.29, 0.717) is 19.3 Å². The lowest BCUT2D eigenvalue weighted by molar-refractivity contribution is -0.141. The van der Waals surface area contributed by atoms with E-state index in [2.05, 4.69) is 50.4 Å². The number of hydrogen-bond donors (Lipinski definition) is 1. The summed E-state index contributed by atoms with van der Waals surface area (Å²) in [6.07, 6.45) is 2.24. The van der Waals surface area contributed by atoms with Gasteiger partial charge >= 0.3 is 0 Å². The summed E-state index contributed by atoms with van der Waals surface area (Å²) in [6.45, 7) is 12.7. The zero-order valence-electron chi connectivity index (χ0n) is 21.0. The lowest BCUT2D eigenvalue weighted by Gasteiger charge is -2.31. The number of hydrogen-bond acceptors (Lipinski definition) is 2. The third-order valence-electron chi connectivity index (χ3n) is 6.10. The Morgan fingerprint density at radius 3 is 2.03 bits per heavy atom. The summed E-state index contributed by atoms with van der Waals surface area (Å²) < 4.78 is 13.4. The zero-order chi connectivity index (χ0) is 24.6. The molecule has 0 aliphatic heterocycles. The van der Waals surface area contributed by atoms with Gasteiger partial charge in [0.15, 0.2) is 0 Å². The van der Waals surface area contributed by atoms with Gasteiger partial charge in [-0.1, -0.05) is 71.0 Å². The summed E-state index contributed by atoms with van der Waals surface area (Å²) in [4.78, 5) is 28.0. The van der Waals surface area contributed by atoms with Crippen LogP contribution in [0.2, 0.25) is 0 Å². The lowest BCUT2D eigenvalue weighted by Crippen LogP contribution is -2.50. The minimum Gasteiger partial charge on any atom is -0.352 e. The molecule has 2 atom stereocenters. The van der Waals surface area contributed by atoms with Crippen LogP contribution in [0.5, 0.6) is 0 Å². The molecule has 0 saturated carbocycles. The smallest absolute Gasteiger partial charge is 0.243 e. The van der Waals surface area contributed by atoms with Crippen molar-refractivity contribution in [3.05, 3.63) is 71.0 Å². The van der Waals surface area contributed by atoms with Crippen molar-refractivity contribution in [1.29, 1.82) is 0 Å². The van der Waals surface area contributed by atoms with Crippen LogP contribution in [0, 0.1) is 5.82 Å². The van der Waals surface area contributed by atoms with E-state index in [-0.39, 0.29) is 35.6 Å². The normalized spacial score (nSPS) is 13.3. The molecule has 0 aliphatic carbocycles. The highest BCUT2D eigenvalue weighted by molar-refractivity contribution is 5.87. The van der Waals surface area contributed by atoms with Gasteiger partial charge in [-0.25, -0.2) is 4.39 Å². The molecule has 2 rings (SSSR count). The summed E-state index contributed by atoms with van der Waals surface area (Å²) >= 11 is 0. The Morgan fingerprint density at radius 1 is 0.939 bits per heavy atom. The van der Waals surface area contributed by atoms with Crippen LogP contribution < -0.4 is 5.32 Å². The van der Waals surface area contributed by atoms with Crippen molar-refractivity contribution in [1.82, 2.24) is 10.2 Å². The molecule has 1 N–H and O–H groups in total. The van der Waals surface area contributed by atoms with Crippen molar-refractivity contribution >= 4 is 11.8 Å². The molecule has 5 heteroatoms. The van der Waals surface area contributed by atoms with Crippen LogP contribution in [0.3, 0.4) is 0 Å². The van der Waals surface area contributed by atoms with E-state index < -0.39 is 6.04 Å². The molecule has 0 radical (unpaired) electrons. The van der Waals surface area contributed by atoms with Gasteiger partial charge in [-0.15, -0.1) is 0 Å². The van der Waals surface area contributed by atoms with Crippen LogP contribution in [0.1, 0.15) is 77.5 Å². The predicted molar refractivity (Wildman–Crippen MR) is 132 cm³/mol. The van der Waals surface area contributed by atoms with Gasteiger partial charge in [0.2, 0.25) is 11.8 Å². The van der Waals surface area contributed by atoms with E-state index in [1.165, 1.54) is 17.7 Å². The predicted octanol–water partition coefficient (Wildman–Crippen LogP) is 5.78. The Bertz CT molecular complexity index is 901. The average Bonchev–Trinajstić information content (AvgIpc) is 2.78. The summed E-state index contributed by atoms with van der Waals surface area (Å²) in [5.74, 6) is -0.542. The quantitative estimate of drug-likeness (QED) is 0.495. The Balaban J connectivity index is 2.19. The van der Waals surface area contributed by atoms with Crippen molar-refractivity contribution in [2.45, 2.75) is 91.3 Å². The van der Waals surface area contributed by atoms with E-state index >= 15 is 0 Å². The number of nitrogens with zero attached hydrogens (tertiary/aromatic N) is 1. The van der Waals surface area contributed by atoms with Gasteiger partial charge in [-0.2, -0.15) is 0 Å². The zero-order valence-corrected chi connectivity index (χ0v) is 21.0. The van der Waals surface area contributed by atoms with Crippen molar-refractivity contribution in [2.24, 2.45) is 0 Å². The Morgan fingerprint density at radius 2 is 1.52 bits per heavy atom. The van der Waals surface area contributed by atoms with Crippen LogP contribution >= 0.6 is 0 Å². The van der Waals surface area contributed by atoms with E-state index in [0.717, 1.165) is 17.5 Å². The van der Waals surface area contributed by atoms with Crippen molar-refractivity contribution in [3.8, 4) is 0 Å². The fourth-order valence-corrected chi connectivity index (χ4v) is 3.71. The molecule has 2 unspecified atom stereocenters. The molecule has 33 heavy (non-hydrogen) atoms. The van der Waals surface area contributed by atoms with E-state index in [1.54, 1.807) is 17.0 Å². The van der Waals surface area contributed by atoms with Crippen molar-refractivity contribution in [2.75, 3.05) is 0 Å². The second-order valence-corrected chi connectivity index (χ2v) is 9.84. The molecule has 0 saturated heterocycles. The summed E-state index contributed by atoms with van der Waals surface area (Å²) in [5, 5.41) is 3.01. The molecule has 0 heterocycles. The summed E-state index contributed by atoms with van der Waals surface area (Å²) in [6, 6.07) is 13.9. The molecule has 0 aromatic heterocycles. The summed E-state index contributed by atoms with van der Waals surface area (Å²) in [7, 11) is 0. The minimum atomic E-state index is -0.570. The fraction of sp³-hybridized carbons (Fsp3) is 0.500. The van der Waals surface area contributed by atoms with Crippen molar-refractivity contribution in [3.63, 3.8) is 0 Å². The van der Waals surface area contributed by atoms with Gasteiger partial charge in [0.05, 0.1) is 0 Å². The molecule has 2 aromatic carbocycles. The number of aryl methyl sites for hydroxylation is 1. The molecule has 2 aromatic rings. The number of carbonyl (C=O) groups excluding carboxylic acids is 2. The molecule has 0 aliphatic rings. The largest absolute Gasteiger partial charge is 0.352 e. The highest BCUT2D eigenvalue weighted by Crippen LogP contribution is 2.23. The maximum absolute atomic E-state index is 13.4. The molecular weight excluding hydrogens is 415 g/mol. The van der Waals surface area contributed by atoms with Crippen LogP contribution in [0.4, 0.5) is 4.39 Å². The van der Waals surface area contributed by atoms with Gasteiger partial charge in [0, 0.05) is 19.0 Å². The Hall–Kier alpha value is -2.69. The highest BCUT2D eigenvalue weighted by Gasteiger charge is 2.29. The van der Waals surface area contributed by atoms with E-state index in [4.69, 9.17) is 0 Å².